The van der Waals surface area contributed by atoms with E-state index in [1.54, 1.807) is 0 Å². The minimum Gasteiger partial charge on any atom is -0.490 e. The molecule has 0 bridgehead atoms. The van der Waals surface area contributed by atoms with Crippen LogP contribution in [0.3, 0.4) is 0 Å². The first kappa shape index (κ1) is 17.0. The molecule has 1 heterocycles. The van der Waals surface area contributed by atoms with Crippen molar-refractivity contribution in [3.05, 3.63) is 52.1 Å². The van der Waals surface area contributed by atoms with Crippen LogP contribution in [0.5, 0.6) is 5.75 Å². The molecule has 1 fully saturated rings. The Morgan fingerprint density at radius 3 is 2.88 bits per heavy atom. The van der Waals surface area contributed by atoms with Gasteiger partial charge in [-0.05, 0) is 5.39 Å². The van der Waals surface area contributed by atoms with E-state index in [0.717, 1.165) is 16.3 Å². The number of fused-ring (bicyclic) bond motifs is 1. The number of hydrogen-bond acceptors (Lipinski definition) is 6. The number of benzene rings is 2. The molecule has 132 valence electrons. The lowest BCUT2D eigenvalue weighted by molar-refractivity contribution is -0.757. The van der Waals surface area contributed by atoms with E-state index in [-0.39, 0.29) is 31.6 Å². The van der Waals surface area contributed by atoms with Crippen molar-refractivity contribution < 1.29 is 24.2 Å². The summed E-state index contributed by atoms with van der Waals surface area (Å²) in [5, 5.41) is 13.7. The average Bonchev–Trinajstić information content (AvgIpc) is 3.42. The van der Waals surface area contributed by atoms with Crippen LogP contribution in [0, 0.1) is 10.1 Å². The monoisotopic (exact) mass is 346 g/mol. The molecule has 1 atom stereocenters. The van der Waals surface area contributed by atoms with Gasteiger partial charge in [-0.2, -0.15) is 0 Å². The van der Waals surface area contributed by atoms with Crippen molar-refractivity contribution in [3.63, 3.8) is 0 Å². The highest BCUT2D eigenvalue weighted by molar-refractivity contribution is 5.91. The zero-order valence-electron chi connectivity index (χ0n) is 13.5. The zero-order chi connectivity index (χ0) is 17.6. The Morgan fingerprint density at radius 1 is 1.32 bits per heavy atom. The first-order valence-electron chi connectivity index (χ1n) is 7.92. The Balaban J connectivity index is 1.69. The maximum Gasteiger partial charge on any atom is 0.294 e. The van der Waals surface area contributed by atoms with Crippen LogP contribution in [0.4, 0.5) is 0 Å². The number of nitrogens with one attached hydrogen (secondary N) is 1. The van der Waals surface area contributed by atoms with Gasteiger partial charge in [-0.25, -0.2) is 0 Å². The largest absolute Gasteiger partial charge is 0.490 e. The van der Waals surface area contributed by atoms with Gasteiger partial charge in [-0.1, -0.05) is 36.4 Å². The molecule has 1 N–H and O–H groups in total. The summed E-state index contributed by atoms with van der Waals surface area (Å²) in [6, 6.07) is 11.6. The van der Waals surface area contributed by atoms with Crippen molar-refractivity contribution in [2.75, 3.05) is 26.4 Å². The lowest BCUT2D eigenvalue weighted by atomic mass is 10.0. The van der Waals surface area contributed by atoms with Crippen LogP contribution >= 0.6 is 0 Å². The molecule has 0 spiro atoms. The van der Waals surface area contributed by atoms with Crippen LogP contribution < -0.4 is 10.1 Å². The predicted molar refractivity (Wildman–Crippen MR) is 88.8 cm³/mol. The minimum atomic E-state index is -0.888. The summed E-state index contributed by atoms with van der Waals surface area (Å²) in [7, 11) is 0. The SMILES string of the molecule is O=C(Cc1ccc2ccccc2c1OCC1CO1)NCCO[N+](=O)[O-]. The van der Waals surface area contributed by atoms with Gasteiger partial charge in [0.25, 0.3) is 5.09 Å². The van der Waals surface area contributed by atoms with Gasteiger partial charge in [-0.3, -0.25) is 4.79 Å². The molecule has 1 unspecified atom stereocenters. The fourth-order valence-electron chi connectivity index (χ4n) is 2.48. The quantitative estimate of drug-likeness (QED) is 0.319. The van der Waals surface area contributed by atoms with Crippen molar-refractivity contribution in [3.8, 4) is 5.75 Å². The van der Waals surface area contributed by atoms with Crippen molar-refractivity contribution in [2.45, 2.75) is 12.5 Å². The second-order valence-corrected chi connectivity index (χ2v) is 5.62. The van der Waals surface area contributed by atoms with Gasteiger partial charge in [0.05, 0.1) is 13.0 Å². The maximum atomic E-state index is 12.1. The van der Waals surface area contributed by atoms with Gasteiger partial charge in [0.15, 0.2) is 0 Å². The third-order valence-corrected chi connectivity index (χ3v) is 3.75. The summed E-state index contributed by atoms with van der Waals surface area (Å²) in [4.78, 5) is 26.3. The topological polar surface area (TPSA) is 103 Å². The van der Waals surface area contributed by atoms with E-state index in [9.17, 15) is 14.9 Å². The Labute approximate surface area is 143 Å². The van der Waals surface area contributed by atoms with E-state index in [4.69, 9.17) is 9.47 Å². The fourth-order valence-corrected chi connectivity index (χ4v) is 2.48. The number of amides is 1. The van der Waals surface area contributed by atoms with Crippen LogP contribution in [-0.4, -0.2) is 43.5 Å². The Kier molecular flexibility index (Phi) is 5.30. The number of carbonyl (C=O) groups is 1. The van der Waals surface area contributed by atoms with Crippen LogP contribution in [0.1, 0.15) is 5.56 Å². The van der Waals surface area contributed by atoms with E-state index in [0.29, 0.717) is 19.0 Å². The lowest BCUT2D eigenvalue weighted by Gasteiger charge is -2.14. The smallest absolute Gasteiger partial charge is 0.294 e. The molecule has 0 aromatic heterocycles. The third kappa shape index (κ3) is 4.80. The highest BCUT2D eigenvalue weighted by Crippen LogP contribution is 2.31. The van der Waals surface area contributed by atoms with E-state index in [2.05, 4.69) is 10.2 Å². The molecule has 8 heteroatoms. The number of hydrogen-bond donors (Lipinski definition) is 1. The van der Waals surface area contributed by atoms with Gasteiger partial charge in [0.2, 0.25) is 5.91 Å². The summed E-state index contributed by atoms with van der Waals surface area (Å²) in [6.07, 6.45) is 0.226. The Bertz CT molecular complexity index is 775. The Morgan fingerprint density at radius 2 is 2.12 bits per heavy atom. The average molecular weight is 346 g/mol. The molecule has 0 aliphatic carbocycles. The molecule has 0 saturated carbocycles. The molecule has 1 amide bonds. The molecule has 2 aromatic carbocycles. The minimum absolute atomic E-state index is 0.0689. The van der Waals surface area contributed by atoms with Crippen molar-refractivity contribution in [2.24, 2.45) is 0 Å². The normalized spacial score (nSPS) is 15.6. The highest BCUT2D eigenvalue weighted by atomic mass is 16.9. The van der Waals surface area contributed by atoms with Gasteiger partial charge in [-0.15, -0.1) is 10.1 Å². The summed E-state index contributed by atoms with van der Waals surface area (Å²) in [5.41, 5.74) is 0.757. The molecule has 3 rings (SSSR count). The summed E-state index contributed by atoms with van der Waals surface area (Å²) < 4.78 is 11.1. The lowest BCUT2D eigenvalue weighted by Crippen LogP contribution is -2.29. The molecule has 2 aromatic rings. The number of ether oxygens (including phenoxy) is 2. The number of carbonyl (C=O) groups excluding carboxylic acids is 1. The van der Waals surface area contributed by atoms with Gasteiger partial charge < -0.3 is 19.6 Å². The number of epoxide rings is 1. The molecular weight excluding hydrogens is 328 g/mol. The molecule has 1 saturated heterocycles. The molecule has 1 aliphatic rings. The number of nitrogens with zero attached hydrogens (tertiary/aromatic N) is 1. The summed E-state index contributed by atoms with van der Waals surface area (Å²) >= 11 is 0. The number of rotatable bonds is 9. The van der Waals surface area contributed by atoms with Gasteiger partial charge in [0, 0.05) is 17.5 Å². The van der Waals surface area contributed by atoms with E-state index in [1.807, 2.05) is 36.4 Å². The van der Waals surface area contributed by atoms with Crippen molar-refractivity contribution in [1.29, 1.82) is 0 Å². The molecule has 0 radical (unpaired) electrons. The van der Waals surface area contributed by atoms with Crippen LogP contribution in [0.2, 0.25) is 0 Å². The van der Waals surface area contributed by atoms with E-state index < -0.39 is 5.09 Å². The van der Waals surface area contributed by atoms with E-state index in [1.165, 1.54) is 0 Å². The second-order valence-electron chi connectivity index (χ2n) is 5.62. The second kappa shape index (κ2) is 7.80. The van der Waals surface area contributed by atoms with Crippen LogP contribution in [-0.2, 0) is 20.8 Å². The maximum absolute atomic E-state index is 12.1. The third-order valence-electron chi connectivity index (χ3n) is 3.75. The highest BCUT2D eigenvalue weighted by Gasteiger charge is 2.24. The molecule has 25 heavy (non-hydrogen) atoms. The van der Waals surface area contributed by atoms with Crippen molar-refractivity contribution in [1.82, 2.24) is 5.32 Å². The molecular formula is C17H18N2O6. The van der Waals surface area contributed by atoms with Crippen molar-refractivity contribution >= 4 is 16.7 Å². The Hall–Kier alpha value is -2.87. The van der Waals surface area contributed by atoms with E-state index >= 15 is 0 Å². The first-order valence-corrected chi connectivity index (χ1v) is 7.92. The molecule has 1 aliphatic heterocycles. The standard InChI is InChI=1S/C17H18N2O6/c20-16(18-7-8-25-19(21)22)9-13-6-5-12-3-1-2-4-15(12)17(13)24-11-14-10-23-14/h1-6,14H,7-11H2,(H,18,20). The van der Waals surface area contributed by atoms with Crippen LogP contribution in [0.15, 0.2) is 36.4 Å². The van der Waals surface area contributed by atoms with Gasteiger partial charge >= 0.3 is 0 Å². The zero-order valence-corrected chi connectivity index (χ0v) is 13.5. The predicted octanol–water partition coefficient (Wildman–Crippen LogP) is 1.48. The molecule has 8 nitrogen and oxygen atoms in total. The first-order chi connectivity index (χ1) is 12.1. The summed E-state index contributed by atoms with van der Waals surface area (Å²) in [6.45, 7) is 1.02. The summed E-state index contributed by atoms with van der Waals surface area (Å²) in [5.74, 6) is 0.417. The van der Waals surface area contributed by atoms with Gasteiger partial charge in [0.1, 0.15) is 25.1 Å². The van der Waals surface area contributed by atoms with Crippen LogP contribution in [0.25, 0.3) is 10.8 Å². The fraction of sp³-hybridized carbons (Fsp3) is 0.353.